The lowest BCUT2D eigenvalue weighted by Crippen LogP contribution is -2.41. The number of aryl methyl sites for hydroxylation is 1. The molecule has 1 heterocycles. The van der Waals surface area contributed by atoms with Crippen molar-refractivity contribution in [2.24, 2.45) is 14.1 Å². The fourth-order valence-electron chi connectivity index (χ4n) is 4.02. The molecule has 28 heavy (non-hydrogen) atoms. The Morgan fingerprint density at radius 2 is 1.79 bits per heavy atom. The van der Waals surface area contributed by atoms with E-state index in [1.165, 1.54) is 41.9 Å². The van der Waals surface area contributed by atoms with Gasteiger partial charge in [0.15, 0.2) is 0 Å². The predicted molar refractivity (Wildman–Crippen MR) is 110 cm³/mol. The van der Waals surface area contributed by atoms with Crippen molar-refractivity contribution in [1.82, 2.24) is 14.5 Å². The Labute approximate surface area is 164 Å². The first-order valence-electron chi connectivity index (χ1n) is 9.71. The summed E-state index contributed by atoms with van der Waals surface area (Å²) >= 11 is 0. The second kappa shape index (κ2) is 8.42. The van der Waals surface area contributed by atoms with Crippen LogP contribution in [0.2, 0.25) is 0 Å². The zero-order valence-corrected chi connectivity index (χ0v) is 16.5. The van der Waals surface area contributed by atoms with Gasteiger partial charge in [-0.15, -0.1) is 0 Å². The largest absolute Gasteiger partial charge is 0.352 e. The summed E-state index contributed by atoms with van der Waals surface area (Å²) in [6.45, 7) is 0.575. The molecule has 1 amide bonds. The number of rotatable bonds is 5. The van der Waals surface area contributed by atoms with E-state index in [1.54, 1.807) is 7.05 Å². The highest BCUT2D eigenvalue weighted by Crippen LogP contribution is 2.38. The molecule has 1 aliphatic carbocycles. The number of carbonyl (C=O) groups is 1. The van der Waals surface area contributed by atoms with Gasteiger partial charge in [0.2, 0.25) is 5.91 Å². The molecule has 0 unspecified atom stereocenters. The SMILES string of the molecule is Cn1cc(/C=C/C(=O)NCC2(c3ccccc3)CCCCC2)c(=O)n(C)c1=O. The van der Waals surface area contributed by atoms with Crippen LogP contribution in [0.3, 0.4) is 0 Å². The summed E-state index contributed by atoms with van der Waals surface area (Å²) in [7, 11) is 3.00. The summed E-state index contributed by atoms with van der Waals surface area (Å²) in [6.07, 6.45) is 9.95. The fraction of sp³-hybridized carbons (Fsp3) is 0.409. The molecule has 0 atom stereocenters. The van der Waals surface area contributed by atoms with Crippen molar-refractivity contribution in [1.29, 1.82) is 0 Å². The average Bonchev–Trinajstić information content (AvgIpc) is 2.73. The van der Waals surface area contributed by atoms with Gasteiger partial charge in [0.25, 0.3) is 5.56 Å². The number of hydrogen-bond acceptors (Lipinski definition) is 3. The maximum Gasteiger partial charge on any atom is 0.330 e. The Balaban J connectivity index is 1.73. The Morgan fingerprint density at radius 3 is 2.46 bits per heavy atom. The third-order valence-electron chi connectivity index (χ3n) is 5.69. The molecule has 2 aromatic rings. The first-order chi connectivity index (χ1) is 13.4. The molecule has 1 N–H and O–H groups in total. The standard InChI is InChI=1S/C22H27N3O3/c1-24-15-17(20(27)25(2)21(24)28)11-12-19(26)23-16-22(13-7-4-8-14-22)18-9-5-3-6-10-18/h3,5-6,9-12,15H,4,7-8,13-14,16H2,1-2H3,(H,23,26)/b12-11+. The van der Waals surface area contributed by atoms with Crippen LogP contribution in [0.5, 0.6) is 0 Å². The molecule has 1 aromatic carbocycles. The fourth-order valence-corrected chi connectivity index (χ4v) is 4.02. The van der Waals surface area contributed by atoms with Gasteiger partial charge in [0.05, 0.1) is 5.56 Å². The van der Waals surface area contributed by atoms with Crippen LogP contribution in [0.4, 0.5) is 0 Å². The van der Waals surface area contributed by atoms with Crippen molar-refractivity contribution in [2.45, 2.75) is 37.5 Å². The summed E-state index contributed by atoms with van der Waals surface area (Å²) in [6, 6.07) is 10.4. The van der Waals surface area contributed by atoms with Crippen LogP contribution in [0, 0.1) is 0 Å². The molecule has 3 rings (SSSR count). The van der Waals surface area contributed by atoms with Gasteiger partial charge >= 0.3 is 5.69 Å². The molecule has 0 saturated heterocycles. The van der Waals surface area contributed by atoms with Gasteiger partial charge in [-0.05, 0) is 24.5 Å². The Morgan fingerprint density at radius 1 is 1.11 bits per heavy atom. The lowest BCUT2D eigenvalue weighted by atomic mass is 9.69. The smallest absolute Gasteiger partial charge is 0.330 e. The maximum absolute atomic E-state index is 12.4. The highest BCUT2D eigenvalue weighted by molar-refractivity contribution is 5.91. The van der Waals surface area contributed by atoms with E-state index < -0.39 is 11.2 Å². The second-order valence-electron chi connectivity index (χ2n) is 7.60. The summed E-state index contributed by atoms with van der Waals surface area (Å²) < 4.78 is 2.36. The van der Waals surface area contributed by atoms with Crippen LogP contribution in [0.25, 0.3) is 6.08 Å². The van der Waals surface area contributed by atoms with Gasteiger partial charge in [-0.1, -0.05) is 49.6 Å². The molecule has 1 aromatic heterocycles. The normalized spacial score (nSPS) is 16.2. The van der Waals surface area contributed by atoms with Crippen LogP contribution in [0.15, 0.2) is 52.2 Å². The summed E-state index contributed by atoms with van der Waals surface area (Å²) in [4.78, 5) is 36.3. The topological polar surface area (TPSA) is 73.1 Å². The minimum atomic E-state index is -0.416. The summed E-state index contributed by atoms with van der Waals surface area (Å²) in [5.41, 5.74) is 0.727. The van der Waals surface area contributed by atoms with E-state index in [9.17, 15) is 14.4 Å². The minimum absolute atomic E-state index is 0.0320. The van der Waals surface area contributed by atoms with E-state index in [0.717, 1.165) is 30.3 Å². The lowest BCUT2D eigenvalue weighted by Gasteiger charge is -2.38. The first kappa shape index (κ1) is 19.9. The number of benzene rings is 1. The molecule has 1 fully saturated rings. The van der Waals surface area contributed by atoms with Crippen molar-refractivity contribution in [3.63, 3.8) is 0 Å². The van der Waals surface area contributed by atoms with E-state index in [1.807, 2.05) is 18.2 Å². The molecule has 6 heteroatoms. The van der Waals surface area contributed by atoms with E-state index >= 15 is 0 Å². The highest BCUT2D eigenvalue weighted by Gasteiger charge is 2.33. The third kappa shape index (κ3) is 4.16. The van der Waals surface area contributed by atoms with Gasteiger partial charge in [0.1, 0.15) is 0 Å². The Kier molecular flexibility index (Phi) is 5.97. The molecule has 1 aliphatic rings. The molecular weight excluding hydrogens is 354 g/mol. The minimum Gasteiger partial charge on any atom is -0.352 e. The third-order valence-corrected chi connectivity index (χ3v) is 5.69. The highest BCUT2D eigenvalue weighted by atomic mass is 16.2. The number of carbonyl (C=O) groups excluding carboxylic acids is 1. The van der Waals surface area contributed by atoms with Gasteiger partial charge in [-0.3, -0.25) is 14.2 Å². The van der Waals surface area contributed by atoms with Crippen molar-refractivity contribution in [3.8, 4) is 0 Å². The molecular formula is C22H27N3O3. The van der Waals surface area contributed by atoms with E-state index in [0.29, 0.717) is 12.1 Å². The number of nitrogens with zero attached hydrogens (tertiary/aromatic N) is 2. The van der Waals surface area contributed by atoms with E-state index in [-0.39, 0.29) is 11.3 Å². The van der Waals surface area contributed by atoms with Crippen LogP contribution in [-0.2, 0) is 24.3 Å². The van der Waals surface area contributed by atoms with Crippen molar-refractivity contribution in [3.05, 3.63) is 74.6 Å². The molecule has 0 aliphatic heterocycles. The van der Waals surface area contributed by atoms with Gasteiger partial charge in [-0.2, -0.15) is 0 Å². The second-order valence-corrected chi connectivity index (χ2v) is 7.60. The number of hydrogen-bond donors (Lipinski definition) is 1. The predicted octanol–water partition coefficient (Wildman–Crippen LogP) is 2.12. The number of nitrogens with one attached hydrogen (secondary N) is 1. The van der Waals surface area contributed by atoms with Crippen LogP contribution < -0.4 is 16.6 Å². The maximum atomic E-state index is 12.4. The monoisotopic (exact) mass is 381 g/mol. The van der Waals surface area contributed by atoms with Crippen molar-refractivity contribution < 1.29 is 4.79 Å². The number of aromatic nitrogens is 2. The first-order valence-corrected chi connectivity index (χ1v) is 9.71. The van der Waals surface area contributed by atoms with Crippen LogP contribution in [-0.4, -0.2) is 21.6 Å². The molecule has 6 nitrogen and oxygen atoms in total. The van der Waals surface area contributed by atoms with Gasteiger partial charge in [-0.25, -0.2) is 4.79 Å². The van der Waals surface area contributed by atoms with Crippen molar-refractivity contribution in [2.75, 3.05) is 6.54 Å². The number of amides is 1. The van der Waals surface area contributed by atoms with Crippen LogP contribution >= 0.6 is 0 Å². The Hall–Kier alpha value is -2.89. The molecule has 0 radical (unpaired) electrons. The molecule has 148 valence electrons. The van der Waals surface area contributed by atoms with Gasteiger partial charge in [0, 0.05) is 38.3 Å². The molecule has 0 bridgehead atoms. The average molecular weight is 381 g/mol. The zero-order valence-electron chi connectivity index (χ0n) is 16.5. The summed E-state index contributed by atoms with van der Waals surface area (Å²) in [5, 5.41) is 3.02. The lowest BCUT2D eigenvalue weighted by molar-refractivity contribution is -0.116. The van der Waals surface area contributed by atoms with Gasteiger partial charge < -0.3 is 9.88 Å². The quantitative estimate of drug-likeness (QED) is 0.807. The summed E-state index contributed by atoms with van der Waals surface area (Å²) in [5.74, 6) is -0.239. The molecule has 1 saturated carbocycles. The van der Waals surface area contributed by atoms with Crippen molar-refractivity contribution >= 4 is 12.0 Å². The van der Waals surface area contributed by atoms with E-state index in [4.69, 9.17) is 0 Å². The Bertz CT molecular complexity index is 980. The molecule has 0 spiro atoms. The van der Waals surface area contributed by atoms with E-state index in [2.05, 4.69) is 17.4 Å². The zero-order chi connectivity index (χ0) is 20.1. The van der Waals surface area contributed by atoms with Crippen LogP contribution in [0.1, 0.15) is 43.2 Å².